The van der Waals surface area contributed by atoms with Gasteiger partial charge in [-0.05, 0) is 24.7 Å². The van der Waals surface area contributed by atoms with E-state index in [0.29, 0.717) is 0 Å². The predicted molar refractivity (Wildman–Crippen MR) is 47.3 cm³/mol. The van der Waals surface area contributed by atoms with Crippen LogP contribution in [0.3, 0.4) is 0 Å². The number of hydrogen-bond acceptors (Lipinski definition) is 1. The van der Waals surface area contributed by atoms with Gasteiger partial charge >= 0.3 is 6.41 Å². The molecule has 1 aliphatic heterocycles. The van der Waals surface area contributed by atoms with Crippen molar-refractivity contribution in [1.82, 2.24) is 4.90 Å². The number of nitrogens with zero attached hydrogens (tertiary/aromatic N) is 1. The molecule has 2 rings (SSSR count). The molecule has 2 fully saturated rings. The summed E-state index contributed by atoms with van der Waals surface area (Å²) in [4.78, 5) is 12.3. The molecule has 12 heavy (non-hydrogen) atoms. The quantitative estimate of drug-likeness (QED) is 0.579. The minimum atomic E-state index is 0.800. The summed E-state index contributed by atoms with van der Waals surface area (Å²) in [6.07, 6.45) is 8.76. The minimum Gasteiger partial charge on any atom is -0.334 e. The highest BCUT2D eigenvalue weighted by Gasteiger charge is 2.30. The normalized spacial score (nSPS) is 35.8. The van der Waals surface area contributed by atoms with Crippen LogP contribution in [0, 0.1) is 11.8 Å². The Hall–Kier alpha value is -0.530. The lowest BCUT2D eigenvalue weighted by molar-refractivity contribution is 0.127. The Morgan fingerprint density at radius 3 is 2.58 bits per heavy atom. The SMILES string of the molecule is O=[C]N1CCC2CCCCC2C1. The van der Waals surface area contributed by atoms with E-state index in [1.165, 1.54) is 32.1 Å². The monoisotopic (exact) mass is 166 g/mol. The fraction of sp³-hybridized carbons (Fsp3) is 0.900. The standard InChI is InChI=1S/C10H16NO/c12-8-11-6-5-9-3-1-2-4-10(9)7-11/h9-10H,1-7H2. The van der Waals surface area contributed by atoms with E-state index >= 15 is 0 Å². The summed E-state index contributed by atoms with van der Waals surface area (Å²) in [5, 5.41) is 0. The first-order valence-corrected chi connectivity index (χ1v) is 5.03. The average molecular weight is 166 g/mol. The second-order valence-electron chi connectivity index (χ2n) is 4.13. The average Bonchev–Trinajstić information content (AvgIpc) is 2.17. The van der Waals surface area contributed by atoms with Crippen molar-refractivity contribution in [3.05, 3.63) is 0 Å². The van der Waals surface area contributed by atoms with Crippen molar-refractivity contribution in [3.8, 4) is 0 Å². The summed E-state index contributed by atoms with van der Waals surface area (Å²) < 4.78 is 0. The predicted octanol–water partition coefficient (Wildman–Crippen LogP) is 1.57. The lowest BCUT2D eigenvalue weighted by Gasteiger charge is -2.39. The van der Waals surface area contributed by atoms with E-state index < -0.39 is 0 Å². The maximum Gasteiger partial charge on any atom is 0.312 e. The molecule has 1 amide bonds. The van der Waals surface area contributed by atoms with Crippen molar-refractivity contribution in [2.45, 2.75) is 32.1 Å². The van der Waals surface area contributed by atoms with Crippen molar-refractivity contribution in [2.75, 3.05) is 13.1 Å². The first-order valence-electron chi connectivity index (χ1n) is 5.03. The van der Waals surface area contributed by atoms with Crippen molar-refractivity contribution in [2.24, 2.45) is 11.8 Å². The van der Waals surface area contributed by atoms with Crippen LogP contribution < -0.4 is 0 Å². The molecule has 2 atom stereocenters. The molecule has 1 aliphatic carbocycles. The molecule has 0 bridgehead atoms. The molecule has 2 unspecified atom stereocenters. The van der Waals surface area contributed by atoms with Gasteiger partial charge < -0.3 is 4.90 Å². The highest BCUT2D eigenvalue weighted by molar-refractivity contribution is 5.48. The van der Waals surface area contributed by atoms with E-state index in [2.05, 4.69) is 0 Å². The third-order valence-corrected chi connectivity index (χ3v) is 3.42. The highest BCUT2D eigenvalue weighted by Crippen LogP contribution is 2.35. The van der Waals surface area contributed by atoms with Crippen LogP contribution >= 0.6 is 0 Å². The van der Waals surface area contributed by atoms with Crippen molar-refractivity contribution in [3.63, 3.8) is 0 Å². The van der Waals surface area contributed by atoms with Gasteiger partial charge in [0.25, 0.3) is 0 Å². The molecule has 2 aliphatic rings. The molecule has 0 aromatic carbocycles. The molecular formula is C10H16NO. The molecule has 1 heterocycles. The van der Waals surface area contributed by atoms with E-state index in [-0.39, 0.29) is 0 Å². The zero-order chi connectivity index (χ0) is 8.39. The minimum absolute atomic E-state index is 0.800. The van der Waals surface area contributed by atoms with Crippen LogP contribution in [0.5, 0.6) is 0 Å². The van der Waals surface area contributed by atoms with Crippen LogP contribution in [0.1, 0.15) is 32.1 Å². The maximum absolute atomic E-state index is 10.4. The second-order valence-corrected chi connectivity index (χ2v) is 4.13. The smallest absolute Gasteiger partial charge is 0.312 e. The van der Waals surface area contributed by atoms with E-state index in [9.17, 15) is 4.79 Å². The third-order valence-electron chi connectivity index (χ3n) is 3.42. The van der Waals surface area contributed by atoms with Crippen LogP contribution in [0.2, 0.25) is 0 Å². The number of likely N-dealkylation sites (tertiary alicyclic amines) is 1. The van der Waals surface area contributed by atoms with Crippen molar-refractivity contribution >= 4 is 6.41 Å². The largest absolute Gasteiger partial charge is 0.334 e. The first kappa shape index (κ1) is 8.09. The molecule has 0 N–H and O–H groups in total. The molecule has 67 valence electrons. The van der Waals surface area contributed by atoms with Gasteiger partial charge in [-0.3, -0.25) is 4.79 Å². The second kappa shape index (κ2) is 3.46. The Balaban J connectivity index is 1.93. The van der Waals surface area contributed by atoms with E-state index in [1.54, 1.807) is 0 Å². The van der Waals surface area contributed by atoms with Gasteiger partial charge in [0.05, 0.1) is 0 Å². The van der Waals surface area contributed by atoms with E-state index in [4.69, 9.17) is 0 Å². The van der Waals surface area contributed by atoms with E-state index in [0.717, 1.165) is 24.9 Å². The lowest BCUT2D eigenvalue weighted by Crippen LogP contribution is -2.40. The number of fused-ring (bicyclic) bond motifs is 1. The van der Waals surface area contributed by atoms with Crippen molar-refractivity contribution < 1.29 is 4.79 Å². The summed E-state index contributed by atoms with van der Waals surface area (Å²) in [5.41, 5.74) is 0. The van der Waals surface area contributed by atoms with Gasteiger partial charge in [0.15, 0.2) is 0 Å². The zero-order valence-electron chi connectivity index (χ0n) is 7.46. The number of hydrogen-bond donors (Lipinski definition) is 0. The van der Waals surface area contributed by atoms with E-state index in [1.807, 2.05) is 11.3 Å². The summed E-state index contributed by atoms with van der Waals surface area (Å²) in [6.45, 7) is 1.93. The molecule has 0 aromatic heterocycles. The van der Waals surface area contributed by atoms with Gasteiger partial charge in [-0.1, -0.05) is 19.3 Å². The van der Waals surface area contributed by atoms with Gasteiger partial charge in [0, 0.05) is 13.1 Å². The van der Waals surface area contributed by atoms with Gasteiger partial charge in [-0.15, -0.1) is 0 Å². The molecule has 1 saturated heterocycles. The van der Waals surface area contributed by atoms with Gasteiger partial charge in [-0.2, -0.15) is 0 Å². The molecule has 1 radical (unpaired) electrons. The third kappa shape index (κ3) is 1.47. The van der Waals surface area contributed by atoms with Gasteiger partial charge in [0.2, 0.25) is 0 Å². The maximum atomic E-state index is 10.4. The summed E-state index contributed by atoms with van der Waals surface area (Å²) >= 11 is 0. The fourth-order valence-electron chi connectivity index (χ4n) is 2.68. The Bertz CT molecular complexity index is 169. The van der Waals surface area contributed by atoms with Crippen molar-refractivity contribution in [1.29, 1.82) is 0 Å². The van der Waals surface area contributed by atoms with Crippen LogP contribution in [0.25, 0.3) is 0 Å². The molecule has 2 heteroatoms. The number of amides is 1. The zero-order valence-corrected chi connectivity index (χ0v) is 7.46. The van der Waals surface area contributed by atoms with Crippen LogP contribution in [0.15, 0.2) is 0 Å². The van der Waals surface area contributed by atoms with Gasteiger partial charge in [-0.25, -0.2) is 0 Å². The Labute approximate surface area is 73.9 Å². The highest BCUT2D eigenvalue weighted by atomic mass is 16.1. The lowest BCUT2D eigenvalue weighted by atomic mass is 9.75. The van der Waals surface area contributed by atoms with Gasteiger partial charge in [0.1, 0.15) is 0 Å². The van der Waals surface area contributed by atoms with Crippen LogP contribution in [-0.4, -0.2) is 24.4 Å². The fourth-order valence-corrected chi connectivity index (χ4v) is 2.68. The molecule has 0 aromatic rings. The first-order chi connectivity index (χ1) is 5.90. The Kier molecular flexibility index (Phi) is 2.33. The number of rotatable bonds is 1. The van der Waals surface area contributed by atoms with Crippen LogP contribution in [-0.2, 0) is 4.79 Å². The number of piperidine rings is 1. The Morgan fingerprint density at radius 1 is 1.08 bits per heavy atom. The summed E-state index contributed by atoms with van der Waals surface area (Å²) in [7, 11) is 0. The molecular weight excluding hydrogens is 150 g/mol. The topological polar surface area (TPSA) is 20.3 Å². The molecule has 0 spiro atoms. The van der Waals surface area contributed by atoms with Crippen LogP contribution in [0.4, 0.5) is 0 Å². The molecule has 2 nitrogen and oxygen atoms in total. The summed E-state index contributed by atoms with van der Waals surface area (Å²) in [5.74, 6) is 1.72. The number of carbonyl (C=O) groups excluding carboxylic acids is 1. The molecule has 1 saturated carbocycles. The Morgan fingerprint density at radius 2 is 1.83 bits per heavy atom. The summed E-state index contributed by atoms with van der Waals surface area (Å²) in [6, 6.07) is 0.